The molecule has 0 saturated carbocycles. The molecule has 0 bridgehead atoms. The van der Waals surface area contributed by atoms with E-state index in [-0.39, 0.29) is 18.4 Å². The molecule has 2 heteroatoms. The van der Waals surface area contributed by atoms with Gasteiger partial charge in [0.05, 0.1) is 0 Å². The third kappa shape index (κ3) is 5.82. The Morgan fingerprint density at radius 1 is 1.04 bits per heavy atom. The van der Waals surface area contributed by atoms with Gasteiger partial charge in [-0.2, -0.15) is 0 Å². The number of hydrogen-bond acceptors (Lipinski definition) is 2. The monoisotopic (exact) mass is 360 g/mol. The van der Waals surface area contributed by atoms with Gasteiger partial charge in [0.2, 0.25) is 0 Å². The maximum Gasteiger partial charge on any atom is 0.0161 e. The van der Waals surface area contributed by atoms with E-state index in [1.807, 2.05) is 12.2 Å². The number of likely N-dealkylation sites (tertiary alicyclic amines) is 1. The second-order valence-electron chi connectivity index (χ2n) is 9.58. The minimum absolute atomic E-state index is 0. The van der Waals surface area contributed by atoms with Crippen LogP contribution in [0.25, 0.3) is 0 Å². The average molecular weight is 361 g/mol. The Balaban J connectivity index is 0.00000338. The molecular weight excluding hydrogens is 316 g/mol. The van der Waals surface area contributed by atoms with Crippen LogP contribution in [0.2, 0.25) is 0 Å². The number of nitrogens with one attached hydrogen (secondary N) is 1. The summed E-state index contributed by atoms with van der Waals surface area (Å²) in [5.74, 6) is 0. The molecule has 0 amide bonds. The zero-order valence-corrected chi connectivity index (χ0v) is 17.3. The van der Waals surface area contributed by atoms with Crippen LogP contribution in [0, 0.1) is 10.8 Å². The lowest BCUT2D eigenvalue weighted by atomic mass is 9.69. The quantitative estimate of drug-likeness (QED) is 0.587. The van der Waals surface area contributed by atoms with Gasteiger partial charge in [-0.3, -0.25) is 4.90 Å². The Morgan fingerprint density at radius 3 is 2.15 bits per heavy atom. The summed E-state index contributed by atoms with van der Waals surface area (Å²) in [5, 5.41) is 3.53. The number of allylic oxidation sites excluding steroid dienone is 5. The fourth-order valence-electron chi connectivity index (χ4n) is 4.88. The van der Waals surface area contributed by atoms with Crippen molar-refractivity contribution in [2.24, 2.45) is 10.8 Å². The van der Waals surface area contributed by atoms with Gasteiger partial charge in [-0.05, 0) is 89.9 Å². The molecule has 0 unspecified atom stereocenters. The predicted octanol–water partition coefficient (Wildman–Crippen LogP) is 5.97. The van der Waals surface area contributed by atoms with Gasteiger partial charge in [-0.1, -0.05) is 57.7 Å². The summed E-state index contributed by atoms with van der Waals surface area (Å²) >= 11 is 0. The molecule has 0 atom stereocenters. The lowest BCUT2D eigenvalue weighted by molar-refractivity contribution is 0.00383. The Labute approximate surface area is 163 Å². The molecule has 0 aliphatic carbocycles. The fraction of sp³-hybridized carbons (Fsp3) is 0.750. The topological polar surface area (TPSA) is 15.3 Å². The smallest absolute Gasteiger partial charge is 0.0161 e. The predicted molar refractivity (Wildman–Crippen MR) is 118 cm³/mol. The molecule has 2 heterocycles. The molecule has 0 aromatic rings. The maximum absolute atomic E-state index is 3.75. The lowest BCUT2D eigenvalue weighted by Crippen LogP contribution is -2.53. The van der Waals surface area contributed by atoms with Crippen molar-refractivity contribution in [2.75, 3.05) is 26.2 Å². The standard InChI is InChI=1S/C23H40N2.CH4/c1-7-8-9-10-20(2)21(3,4)19-22(5,6)25-17-13-23(14-18-25)11-15-24-16-12-23;/h7-10,24H,1,11-19H2,2-6H3;1H4/b9-8-,20-10+;. The molecule has 150 valence electrons. The molecule has 2 saturated heterocycles. The first-order chi connectivity index (χ1) is 11.7. The molecule has 0 aromatic carbocycles. The van der Waals surface area contributed by atoms with Crippen LogP contribution in [0.3, 0.4) is 0 Å². The van der Waals surface area contributed by atoms with Crippen molar-refractivity contribution < 1.29 is 0 Å². The minimum Gasteiger partial charge on any atom is -0.317 e. The van der Waals surface area contributed by atoms with Crippen molar-refractivity contribution in [1.29, 1.82) is 0 Å². The zero-order valence-electron chi connectivity index (χ0n) is 17.3. The van der Waals surface area contributed by atoms with Crippen LogP contribution < -0.4 is 5.32 Å². The number of nitrogens with zero attached hydrogens (tertiary/aromatic N) is 1. The molecule has 1 N–H and O–H groups in total. The number of rotatable bonds is 6. The van der Waals surface area contributed by atoms with Crippen molar-refractivity contribution in [1.82, 2.24) is 10.2 Å². The number of piperidine rings is 2. The van der Waals surface area contributed by atoms with Crippen molar-refractivity contribution in [3.63, 3.8) is 0 Å². The second kappa shape index (κ2) is 9.37. The van der Waals surface area contributed by atoms with Crippen molar-refractivity contribution in [3.8, 4) is 0 Å². The molecule has 2 aliphatic heterocycles. The van der Waals surface area contributed by atoms with Crippen LogP contribution in [0.15, 0.2) is 36.5 Å². The summed E-state index contributed by atoms with van der Waals surface area (Å²) in [4.78, 5) is 2.76. The van der Waals surface area contributed by atoms with Gasteiger partial charge in [0, 0.05) is 5.54 Å². The molecule has 0 radical (unpaired) electrons. The first-order valence-corrected chi connectivity index (χ1v) is 10.1. The normalized spacial score (nSPS) is 22.4. The first-order valence-electron chi connectivity index (χ1n) is 10.1. The third-order valence-corrected chi connectivity index (χ3v) is 6.88. The fourth-order valence-corrected chi connectivity index (χ4v) is 4.88. The van der Waals surface area contributed by atoms with Crippen molar-refractivity contribution in [3.05, 3.63) is 36.5 Å². The van der Waals surface area contributed by atoms with E-state index in [1.165, 1.54) is 63.9 Å². The van der Waals surface area contributed by atoms with E-state index in [4.69, 9.17) is 0 Å². The van der Waals surface area contributed by atoms with Crippen LogP contribution >= 0.6 is 0 Å². The highest BCUT2D eigenvalue weighted by molar-refractivity contribution is 5.20. The van der Waals surface area contributed by atoms with E-state index < -0.39 is 0 Å². The minimum atomic E-state index is 0. The molecule has 2 nitrogen and oxygen atoms in total. The van der Waals surface area contributed by atoms with Crippen LogP contribution in [-0.2, 0) is 0 Å². The molecular formula is C24H44N2. The molecule has 2 fully saturated rings. The summed E-state index contributed by atoms with van der Waals surface area (Å²) in [6.45, 7) is 20.7. The van der Waals surface area contributed by atoms with Gasteiger partial charge in [0.25, 0.3) is 0 Å². The van der Waals surface area contributed by atoms with E-state index in [1.54, 1.807) is 0 Å². The second-order valence-corrected chi connectivity index (χ2v) is 9.58. The van der Waals surface area contributed by atoms with E-state index >= 15 is 0 Å². The Morgan fingerprint density at radius 2 is 1.62 bits per heavy atom. The van der Waals surface area contributed by atoms with E-state index in [0.717, 1.165) is 0 Å². The highest BCUT2D eigenvalue weighted by Gasteiger charge is 2.41. The van der Waals surface area contributed by atoms with Gasteiger partial charge in [0.15, 0.2) is 0 Å². The molecule has 0 aromatic heterocycles. The summed E-state index contributed by atoms with van der Waals surface area (Å²) in [7, 11) is 0. The van der Waals surface area contributed by atoms with E-state index in [0.29, 0.717) is 5.41 Å². The highest BCUT2D eigenvalue weighted by Crippen LogP contribution is 2.43. The third-order valence-electron chi connectivity index (χ3n) is 6.88. The largest absolute Gasteiger partial charge is 0.317 e. The van der Waals surface area contributed by atoms with E-state index in [2.05, 4.69) is 63.6 Å². The van der Waals surface area contributed by atoms with Gasteiger partial charge < -0.3 is 5.32 Å². The maximum atomic E-state index is 3.75. The molecule has 26 heavy (non-hydrogen) atoms. The number of hydrogen-bond donors (Lipinski definition) is 1. The summed E-state index contributed by atoms with van der Waals surface area (Å²) in [6, 6.07) is 0. The van der Waals surface area contributed by atoms with Crippen LogP contribution in [-0.4, -0.2) is 36.6 Å². The van der Waals surface area contributed by atoms with Crippen LogP contribution in [0.4, 0.5) is 0 Å². The Hall–Kier alpha value is -0.860. The van der Waals surface area contributed by atoms with Crippen LogP contribution in [0.1, 0.15) is 74.1 Å². The summed E-state index contributed by atoms with van der Waals surface area (Å²) in [6.07, 6.45) is 14.9. The lowest BCUT2D eigenvalue weighted by Gasteiger charge is -2.51. The van der Waals surface area contributed by atoms with Crippen LogP contribution in [0.5, 0.6) is 0 Å². The molecule has 2 rings (SSSR count). The zero-order chi connectivity index (χ0) is 18.6. The van der Waals surface area contributed by atoms with Crippen molar-refractivity contribution in [2.45, 2.75) is 79.7 Å². The van der Waals surface area contributed by atoms with Crippen molar-refractivity contribution >= 4 is 0 Å². The SMILES string of the molecule is C.C=C/C=C\C=C(/C)C(C)(C)CC(C)(C)N1CCC2(CCNCC2)CC1. The summed E-state index contributed by atoms with van der Waals surface area (Å²) in [5.41, 5.74) is 2.54. The average Bonchev–Trinajstić information content (AvgIpc) is 2.55. The summed E-state index contributed by atoms with van der Waals surface area (Å²) < 4.78 is 0. The van der Waals surface area contributed by atoms with Gasteiger partial charge in [0.1, 0.15) is 0 Å². The van der Waals surface area contributed by atoms with E-state index in [9.17, 15) is 0 Å². The Bertz CT molecular complexity index is 494. The first kappa shape index (κ1) is 23.2. The highest BCUT2D eigenvalue weighted by atomic mass is 15.2. The Kier molecular flexibility index (Phi) is 8.35. The van der Waals surface area contributed by atoms with Gasteiger partial charge in [-0.15, -0.1) is 0 Å². The van der Waals surface area contributed by atoms with Gasteiger partial charge >= 0.3 is 0 Å². The molecule has 2 aliphatic rings. The molecule has 1 spiro atoms. The van der Waals surface area contributed by atoms with Gasteiger partial charge in [-0.25, -0.2) is 0 Å².